The third-order valence-corrected chi connectivity index (χ3v) is 4.94. The molecule has 4 nitrogen and oxygen atoms in total. The summed E-state index contributed by atoms with van der Waals surface area (Å²) >= 11 is 0. The summed E-state index contributed by atoms with van der Waals surface area (Å²) in [5, 5.41) is 9.11. The van der Waals surface area contributed by atoms with E-state index in [4.69, 9.17) is 5.11 Å². The third kappa shape index (κ3) is 4.60. The maximum Gasteiger partial charge on any atom is 0.242 e. The molecular weight excluding hydrogens is 312 g/mol. The van der Waals surface area contributed by atoms with Gasteiger partial charge >= 0.3 is 0 Å². The van der Waals surface area contributed by atoms with Gasteiger partial charge in [0.1, 0.15) is 0 Å². The molecule has 0 unspecified atom stereocenters. The number of carbonyl (C=O) groups is 1. The van der Waals surface area contributed by atoms with Gasteiger partial charge in [-0.3, -0.25) is 4.79 Å². The fourth-order valence-corrected chi connectivity index (χ4v) is 3.42. The molecule has 1 aliphatic heterocycles. The van der Waals surface area contributed by atoms with Crippen LogP contribution in [0.5, 0.6) is 0 Å². The van der Waals surface area contributed by atoms with Gasteiger partial charge in [-0.25, -0.2) is 0 Å². The minimum absolute atomic E-state index is 0.0842. The van der Waals surface area contributed by atoms with Gasteiger partial charge in [0.05, 0.1) is 13.2 Å². The van der Waals surface area contributed by atoms with Crippen molar-refractivity contribution in [3.05, 3.63) is 65.7 Å². The topological polar surface area (TPSA) is 43.8 Å². The molecule has 25 heavy (non-hydrogen) atoms. The zero-order valence-electron chi connectivity index (χ0n) is 14.8. The molecule has 1 N–H and O–H groups in total. The van der Waals surface area contributed by atoms with E-state index in [0.717, 1.165) is 37.2 Å². The lowest BCUT2D eigenvalue weighted by Crippen LogP contribution is -2.37. The number of likely N-dealkylation sites (N-methyl/N-ethyl adjacent to an activating group) is 1. The Morgan fingerprint density at radius 3 is 2.48 bits per heavy atom. The van der Waals surface area contributed by atoms with Crippen LogP contribution >= 0.6 is 0 Å². The zero-order chi connectivity index (χ0) is 17.6. The van der Waals surface area contributed by atoms with Crippen LogP contribution in [0.1, 0.15) is 17.5 Å². The first kappa shape index (κ1) is 17.5. The van der Waals surface area contributed by atoms with Crippen molar-refractivity contribution < 1.29 is 9.90 Å². The summed E-state index contributed by atoms with van der Waals surface area (Å²) < 4.78 is 0. The smallest absolute Gasteiger partial charge is 0.242 e. The number of nitrogens with zero attached hydrogens (tertiary/aromatic N) is 2. The van der Waals surface area contributed by atoms with Crippen molar-refractivity contribution in [1.82, 2.24) is 4.90 Å². The average molecular weight is 338 g/mol. The second-order valence-corrected chi connectivity index (χ2v) is 6.86. The lowest BCUT2D eigenvalue weighted by molar-refractivity contribution is -0.128. The Kier molecular flexibility index (Phi) is 5.71. The zero-order valence-corrected chi connectivity index (χ0v) is 14.8. The van der Waals surface area contributed by atoms with Crippen molar-refractivity contribution in [3.8, 4) is 0 Å². The molecule has 4 heteroatoms. The fourth-order valence-electron chi connectivity index (χ4n) is 3.42. The number of hydrogen-bond acceptors (Lipinski definition) is 3. The third-order valence-electron chi connectivity index (χ3n) is 4.94. The number of carbonyl (C=O) groups excluding carboxylic acids is 1. The van der Waals surface area contributed by atoms with E-state index in [1.807, 2.05) is 59.3 Å². The first-order valence-electron chi connectivity index (χ1n) is 8.88. The number of amides is 1. The van der Waals surface area contributed by atoms with Crippen molar-refractivity contribution in [2.24, 2.45) is 5.92 Å². The highest BCUT2D eigenvalue weighted by Gasteiger charge is 2.26. The highest BCUT2D eigenvalue weighted by Crippen LogP contribution is 2.22. The Morgan fingerprint density at radius 1 is 1.12 bits per heavy atom. The van der Waals surface area contributed by atoms with Crippen molar-refractivity contribution >= 4 is 11.6 Å². The molecule has 1 saturated heterocycles. The Labute approximate surface area is 149 Å². The summed E-state index contributed by atoms with van der Waals surface area (Å²) in [7, 11) is 1.96. The molecule has 0 radical (unpaired) electrons. The van der Waals surface area contributed by atoms with Crippen LogP contribution in [0, 0.1) is 5.92 Å². The highest BCUT2D eigenvalue weighted by atomic mass is 16.3. The minimum Gasteiger partial charge on any atom is -0.392 e. The van der Waals surface area contributed by atoms with Gasteiger partial charge in [-0.1, -0.05) is 42.5 Å². The van der Waals surface area contributed by atoms with E-state index in [-0.39, 0.29) is 12.5 Å². The summed E-state index contributed by atoms with van der Waals surface area (Å²) in [4.78, 5) is 16.6. The Bertz CT molecular complexity index is 685. The SMILES string of the molecule is CN(CC(=O)N1CC[C@H](Cc2ccc(CO)cc2)C1)c1ccccc1. The molecule has 0 bridgehead atoms. The number of likely N-dealkylation sites (tertiary alicyclic amines) is 1. The summed E-state index contributed by atoms with van der Waals surface area (Å²) in [6.07, 6.45) is 2.05. The number of para-hydroxylation sites is 1. The van der Waals surface area contributed by atoms with E-state index in [1.54, 1.807) is 0 Å². The van der Waals surface area contributed by atoms with Gasteiger partial charge in [0.15, 0.2) is 0 Å². The van der Waals surface area contributed by atoms with E-state index in [0.29, 0.717) is 12.5 Å². The van der Waals surface area contributed by atoms with Crippen LogP contribution in [-0.4, -0.2) is 42.6 Å². The molecule has 1 fully saturated rings. The number of rotatable bonds is 6. The predicted octanol–water partition coefficient (Wildman–Crippen LogP) is 2.71. The average Bonchev–Trinajstić information content (AvgIpc) is 3.12. The normalized spacial score (nSPS) is 16.9. The number of benzene rings is 2. The fraction of sp³-hybridized carbons (Fsp3) is 0.381. The van der Waals surface area contributed by atoms with E-state index in [9.17, 15) is 4.79 Å². The summed E-state index contributed by atoms with van der Waals surface area (Å²) in [6.45, 7) is 2.19. The maximum absolute atomic E-state index is 12.6. The molecule has 1 heterocycles. The van der Waals surface area contributed by atoms with Gasteiger partial charge in [-0.05, 0) is 42.0 Å². The number of anilines is 1. The molecule has 132 valence electrons. The molecule has 2 aromatic carbocycles. The summed E-state index contributed by atoms with van der Waals surface area (Å²) in [5.74, 6) is 0.718. The van der Waals surface area contributed by atoms with E-state index in [1.165, 1.54) is 5.56 Å². The first-order chi connectivity index (χ1) is 12.2. The number of aliphatic hydroxyl groups is 1. The minimum atomic E-state index is 0.0842. The molecule has 1 amide bonds. The van der Waals surface area contributed by atoms with Crippen LogP contribution in [0.25, 0.3) is 0 Å². The highest BCUT2D eigenvalue weighted by molar-refractivity contribution is 5.81. The van der Waals surface area contributed by atoms with E-state index in [2.05, 4.69) is 12.1 Å². The quantitative estimate of drug-likeness (QED) is 0.881. The molecule has 0 saturated carbocycles. The second-order valence-electron chi connectivity index (χ2n) is 6.86. The Hall–Kier alpha value is -2.33. The van der Waals surface area contributed by atoms with Crippen LogP contribution in [0.15, 0.2) is 54.6 Å². The largest absolute Gasteiger partial charge is 0.392 e. The number of hydrogen-bond donors (Lipinski definition) is 1. The van der Waals surface area contributed by atoms with Crippen LogP contribution < -0.4 is 4.90 Å². The Morgan fingerprint density at radius 2 is 1.80 bits per heavy atom. The van der Waals surface area contributed by atoms with Gasteiger partial charge in [0, 0.05) is 25.8 Å². The van der Waals surface area contributed by atoms with Crippen molar-refractivity contribution in [2.75, 3.05) is 31.6 Å². The summed E-state index contributed by atoms with van der Waals surface area (Å²) in [5.41, 5.74) is 3.28. The van der Waals surface area contributed by atoms with Crippen molar-refractivity contribution in [2.45, 2.75) is 19.4 Å². The molecule has 0 aliphatic carbocycles. The van der Waals surface area contributed by atoms with Gasteiger partial charge in [0.25, 0.3) is 0 Å². The maximum atomic E-state index is 12.6. The molecule has 0 spiro atoms. The van der Waals surface area contributed by atoms with Gasteiger partial charge in [0.2, 0.25) is 5.91 Å². The molecular formula is C21H26N2O2. The van der Waals surface area contributed by atoms with Crippen molar-refractivity contribution in [3.63, 3.8) is 0 Å². The van der Waals surface area contributed by atoms with Crippen LogP contribution in [-0.2, 0) is 17.8 Å². The summed E-state index contributed by atoms with van der Waals surface area (Å²) in [6, 6.07) is 18.1. The van der Waals surface area contributed by atoms with Crippen LogP contribution in [0.4, 0.5) is 5.69 Å². The lowest BCUT2D eigenvalue weighted by atomic mass is 9.98. The van der Waals surface area contributed by atoms with Gasteiger partial charge in [-0.2, -0.15) is 0 Å². The van der Waals surface area contributed by atoms with Crippen LogP contribution in [0.2, 0.25) is 0 Å². The van der Waals surface area contributed by atoms with Gasteiger partial charge < -0.3 is 14.9 Å². The number of aliphatic hydroxyl groups excluding tert-OH is 1. The van der Waals surface area contributed by atoms with Gasteiger partial charge in [-0.15, -0.1) is 0 Å². The molecule has 3 rings (SSSR count). The van der Waals surface area contributed by atoms with E-state index < -0.39 is 0 Å². The van der Waals surface area contributed by atoms with E-state index >= 15 is 0 Å². The first-order valence-corrected chi connectivity index (χ1v) is 8.88. The lowest BCUT2D eigenvalue weighted by Gasteiger charge is -2.23. The van der Waals surface area contributed by atoms with Crippen LogP contribution in [0.3, 0.4) is 0 Å². The van der Waals surface area contributed by atoms with Crippen molar-refractivity contribution in [1.29, 1.82) is 0 Å². The molecule has 0 aromatic heterocycles. The predicted molar refractivity (Wildman–Crippen MR) is 100 cm³/mol. The Balaban J connectivity index is 1.50. The molecule has 1 atom stereocenters. The molecule has 1 aliphatic rings. The monoisotopic (exact) mass is 338 g/mol. The second kappa shape index (κ2) is 8.17. The molecule has 2 aromatic rings. The standard InChI is InChI=1S/C21H26N2O2/c1-22(20-5-3-2-4-6-20)15-21(25)23-12-11-19(14-23)13-17-7-9-18(16-24)10-8-17/h2-10,19,24H,11-16H2,1H3/t19-/m1/s1.